The van der Waals surface area contributed by atoms with Crippen LogP contribution in [-0.4, -0.2) is 0 Å². The summed E-state index contributed by atoms with van der Waals surface area (Å²) in [5.41, 5.74) is 7.35. The van der Waals surface area contributed by atoms with E-state index in [2.05, 4.69) is 65.8 Å². The van der Waals surface area contributed by atoms with Gasteiger partial charge in [-0.3, -0.25) is 0 Å². The number of hydrogen-bond donors (Lipinski definition) is 0. The normalized spacial score (nSPS) is 12.2. The van der Waals surface area contributed by atoms with E-state index in [-0.39, 0.29) is 0 Å². The van der Waals surface area contributed by atoms with Gasteiger partial charge in [-0.25, -0.2) is 0 Å². The zero-order valence-electron chi connectivity index (χ0n) is 13.9. The van der Waals surface area contributed by atoms with Crippen LogP contribution in [0.3, 0.4) is 0 Å². The molecule has 110 valence electrons. The maximum atomic E-state index is 6.30. The molecule has 0 amide bonds. The summed E-state index contributed by atoms with van der Waals surface area (Å²) in [6.45, 7) is 13.3. The lowest BCUT2D eigenvalue weighted by Gasteiger charge is -2.12. The van der Waals surface area contributed by atoms with Gasteiger partial charge in [0.25, 0.3) is 0 Å². The highest BCUT2D eigenvalue weighted by atomic mass is 16.3. The van der Waals surface area contributed by atoms with Gasteiger partial charge < -0.3 is 4.42 Å². The molecule has 1 nitrogen and oxygen atoms in total. The summed E-state index contributed by atoms with van der Waals surface area (Å²) in [5, 5.41) is 2.65. The Morgan fingerprint density at radius 1 is 0.667 bits per heavy atom. The van der Waals surface area contributed by atoms with Gasteiger partial charge in [-0.2, -0.15) is 0 Å². The van der Waals surface area contributed by atoms with Gasteiger partial charge in [0.1, 0.15) is 11.2 Å². The van der Waals surface area contributed by atoms with E-state index in [0.717, 1.165) is 11.2 Å². The Morgan fingerprint density at radius 3 is 1.38 bits per heavy atom. The number of fused-ring (bicyclic) bond motifs is 3. The van der Waals surface area contributed by atoms with E-state index in [0.29, 0.717) is 11.8 Å². The molecule has 1 heterocycles. The molecule has 3 aromatic rings. The molecule has 3 rings (SSSR count). The Kier molecular flexibility index (Phi) is 3.32. The minimum Gasteiger partial charge on any atom is -0.455 e. The van der Waals surface area contributed by atoms with Gasteiger partial charge in [0.05, 0.1) is 0 Å². The Hall–Kier alpha value is -1.76. The van der Waals surface area contributed by atoms with E-state index in [9.17, 15) is 0 Å². The van der Waals surface area contributed by atoms with Crippen LogP contribution in [0.15, 0.2) is 28.7 Å². The Balaban J connectivity index is 2.60. The second kappa shape index (κ2) is 4.91. The Bertz CT molecular complexity index is 751. The lowest BCUT2D eigenvalue weighted by molar-refractivity contribution is 0.661. The lowest BCUT2D eigenvalue weighted by Crippen LogP contribution is -1.93. The SMILES string of the molecule is Cc1ccc(C(C)C)c2c1oc1c(C)ccc(C(C)C)c12. The molecule has 21 heavy (non-hydrogen) atoms. The van der Waals surface area contributed by atoms with Crippen LogP contribution in [0.4, 0.5) is 0 Å². The predicted octanol–water partition coefficient (Wildman–Crippen LogP) is 6.45. The molecule has 1 aromatic heterocycles. The molecular weight excluding hydrogens is 256 g/mol. The van der Waals surface area contributed by atoms with E-state index in [1.165, 1.54) is 33.0 Å². The lowest BCUT2D eigenvalue weighted by atomic mass is 9.90. The predicted molar refractivity (Wildman–Crippen MR) is 91.4 cm³/mol. The van der Waals surface area contributed by atoms with Crippen LogP contribution < -0.4 is 0 Å². The third-order valence-electron chi connectivity index (χ3n) is 4.47. The van der Waals surface area contributed by atoms with Gasteiger partial charge in [0.15, 0.2) is 0 Å². The zero-order valence-corrected chi connectivity index (χ0v) is 13.9. The van der Waals surface area contributed by atoms with Gasteiger partial charge in [-0.15, -0.1) is 0 Å². The quantitative estimate of drug-likeness (QED) is 0.525. The van der Waals surface area contributed by atoms with Gasteiger partial charge >= 0.3 is 0 Å². The van der Waals surface area contributed by atoms with E-state index in [4.69, 9.17) is 4.42 Å². The molecule has 0 aliphatic rings. The average Bonchev–Trinajstić information content (AvgIpc) is 2.81. The maximum Gasteiger partial charge on any atom is 0.138 e. The van der Waals surface area contributed by atoms with Crippen molar-refractivity contribution in [1.29, 1.82) is 0 Å². The summed E-state index contributed by atoms with van der Waals surface area (Å²) in [6, 6.07) is 8.91. The highest BCUT2D eigenvalue weighted by Crippen LogP contribution is 2.41. The van der Waals surface area contributed by atoms with E-state index in [1.807, 2.05) is 0 Å². The highest BCUT2D eigenvalue weighted by molar-refractivity contribution is 6.10. The zero-order chi connectivity index (χ0) is 15.3. The van der Waals surface area contributed by atoms with E-state index >= 15 is 0 Å². The average molecular weight is 280 g/mol. The van der Waals surface area contributed by atoms with Crippen LogP contribution in [0.2, 0.25) is 0 Å². The third kappa shape index (κ3) is 2.07. The Labute approximate surface area is 127 Å². The molecule has 0 unspecified atom stereocenters. The molecule has 0 fully saturated rings. The van der Waals surface area contributed by atoms with Crippen LogP contribution in [0.25, 0.3) is 21.9 Å². The van der Waals surface area contributed by atoms with Crippen molar-refractivity contribution in [2.45, 2.75) is 53.4 Å². The van der Waals surface area contributed by atoms with Crippen LogP contribution in [0, 0.1) is 13.8 Å². The molecule has 1 heteroatoms. The molecule has 0 saturated carbocycles. The van der Waals surface area contributed by atoms with Gasteiger partial charge in [-0.1, -0.05) is 52.0 Å². The first kappa shape index (κ1) is 14.2. The third-order valence-corrected chi connectivity index (χ3v) is 4.47. The van der Waals surface area contributed by atoms with Crippen LogP contribution in [0.5, 0.6) is 0 Å². The van der Waals surface area contributed by atoms with Crippen molar-refractivity contribution in [3.8, 4) is 0 Å². The summed E-state index contributed by atoms with van der Waals surface area (Å²) in [4.78, 5) is 0. The summed E-state index contributed by atoms with van der Waals surface area (Å²) in [6.07, 6.45) is 0. The molecule has 0 radical (unpaired) electrons. The molecular formula is C20H24O. The maximum absolute atomic E-state index is 6.30. The molecule has 0 aliphatic heterocycles. The molecule has 0 saturated heterocycles. The van der Waals surface area contributed by atoms with Gasteiger partial charge in [0, 0.05) is 10.8 Å². The minimum absolute atomic E-state index is 0.495. The van der Waals surface area contributed by atoms with Gasteiger partial charge in [0.2, 0.25) is 0 Å². The molecule has 0 spiro atoms. The fraction of sp³-hybridized carbons (Fsp3) is 0.400. The van der Waals surface area contributed by atoms with Crippen molar-refractivity contribution >= 4 is 21.9 Å². The molecule has 0 atom stereocenters. The van der Waals surface area contributed by atoms with E-state index in [1.54, 1.807) is 0 Å². The number of rotatable bonds is 2. The number of benzene rings is 2. The minimum atomic E-state index is 0.495. The molecule has 0 aliphatic carbocycles. The molecule has 2 aromatic carbocycles. The monoisotopic (exact) mass is 280 g/mol. The number of hydrogen-bond acceptors (Lipinski definition) is 1. The summed E-state index contributed by atoms with van der Waals surface area (Å²) in [5.74, 6) is 0.990. The summed E-state index contributed by atoms with van der Waals surface area (Å²) in [7, 11) is 0. The van der Waals surface area contributed by atoms with Gasteiger partial charge in [-0.05, 0) is 47.9 Å². The molecule has 0 N–H and O–H groups in total. The molecule has 0 bridgehead atoms. The second-order valence-electron chi connectivity index (χ2n) is 6.76. The smallest absolute Gasteiger partial charge is 0.138 e. The summed E-state index contributed by atoms with van der Waals surface area (Å²) >= 11 is 0. The van der Waals surface area contributed by atoms with Crippen molar-refractivity contribution in [1.82, 2.24) is 0 Å². The first-order valence-electron chi connectivity index (χ1n) is 7.87. The van der Waals surface area contributed by atoms with Crippen LogP contribution in [0.1, 0.15) is 61.8 Å². The number of furan rings is 1. The first-order valence-corrected chi connectivity index (χ1v) is 7.87. The standard InChI is InChI=1S/C20H24O/c1-11(2)15-9-7-13(5)19-17(15)18-16(12(3)4)10-8-14(6)20(18)21-19/h7-12H,1-6H3. The largest absolute Gasteiger partial charge is 0.455 e. The fourth-order valence-electron chi connectivity index (χ4n) is 3.25. The van der Waals surface area contributed by atoms with Crippen LogP contribution >= 0.6 is 0 Å². The number of aryl methyl sites for hydroxylation is 2. The van der Waals surface area contributed by atoms with Crippen molar-refractivity contribution in [2.24, 2.45) is 0 Å². The van der Waals surface area contributed by atoms with Crippen molar-refractivity contribution in [3.63, 3.8) is 0 Å². The van der Waals surface area contributed by atoms with E-state index < -0.39 is 0 Å². The fourth-order valence-corrected chi connectivity index (χ4v) is 3.25. The highest BCUT2D eigenvalue weighted by Gasteiger charge is 2.19. The first-order chi connectivity index (χ1) is 9.91. The van der Waals surface area contributed by atoms with Crippen molar-refractivity contribution in [3.05, 3.63) is 46.5 Å². The summed E-state index contributed by atoms with van der Waals surface area (Å²) < 4.78 is 6.30. The van der Waals surface area contributed by atoms with Crippen molar-refractivity contribution in [2.75, 3.05) is 0 Å². The second-order valence-corrected chi connectivity index (χ2v) is 6.76. The van der Waals surface area contributed by atoms with Crippen molar-refractivity contribution < 1.29 is 4.42 Å². The Morgan fingerprint density at radius 2 is 1.05 bits per heavy atom. The van der Waals surface area contributed by atoms with Crippen LogP contribution in [-0.2, 0) is 0 Å². The topological polar surface area (TPSA) is 13.1 Å².